The van der Waals surface area contributed by atoms with Crippen molar-refractivity contribution in [3.05, 3.63) is 42.6 Å². The Morgan fingerprint density at radius 3 is 2.64 bits per heavy atom. The first kappa shape index (κ1) is 22.3. The molecule has 1 N–H and O–H groups in total. The first-order chi connectivity index (χ1) is 13.2. The van der Waals surface area contributed by atoms with E-state index in [-0.39, 0.29) is 29.9 Å². The molecule has 9 heteroatoms. The second-order valence-electron chi connectivity index (χ2n) is 6.78. The average Bonchev–Trinajstić information content (AvgIpc) is 3.39. The average molecular weight is 500 g/mol. The Bertz CT molecular complexity index is 724. The highest BCUT2D eigenvalue weighted by atomic mass is 127. The minimum absolute atomic E-state index is 0. The minimum atomic E-state index is -0.0468. The molecule has 28 heavy (non-hydrogen) atoms. The van der Waals surface area contributed by atoms with Gasteiger partial charge in [0.2, 0.25) is 0 Å². The number of furan rings is 1. The molecule has 0 bridgehead atoms. The van der Waals surface area contributed by atoms with E-state index in [1.807, 2.05) is 21.8 Å². The normalized spacial score (nSPS) is 15.9. The maximum absolute atomic E-state index is 12.4. The van der Waals surface area contributed by atoms with Gasteiger partial charge in [-0.25, -0.2) is 0 Å². The fourth-order valence-corrected chi connectivity index (χ4v) is 3.13. The summed E-state index contributed by atoms with van der Waals surface area (Å²) in [5, 5.41) is 7.62. The van der Waals surface area contributed by atoms with Crippen LogP contribution in [0.5, 0.6) is 0 Å². The van der Waals surface area contributed by atoms with Gasteiger partial charge in [-0.1, -0.05) is 6.92 Å². The monoisotopic (exact) mass is 500 g/mol. The number of hydrogen-bond acceptors (Lipinski definition) is 4. The van der Waals surface area contributed by atoms with Crippen LogP contribution in [0.25, 0.3) is 0 Å². The van der Waals surface area contributed by atoms with E-state index in [4.69, 9.17) is 9.41 Å². The van der Waals surface area contributed by atoms with Crippen molar-refractivity contribution < 1.29 is 9.21 Å². The maximum Gasteiger partial charge on any atom is 0.289 e. The van der Waals surface area contributed by atoms with Crippen LogP contribution in [0.2, 0.25) is 0 Å². The molecule has 3 rings (SSSR count). The van der Waals surface area contributed by atoms with E-state index in [1.165, 1.54) is 6.26 Å². The number of nitrogens with one attached hydrogen (secondary N) is 1. The van der Waals surface area contributed by atoms with Crippen molar-refractivity contribution in [1.82, 2.24) is 24.9 Å². The maximum atomic E-state index is 12.4. The predicted molar refractivity (Wildman–Crippen MR) is 119 cm³/mol. The molecule has 0 radical (unpaired) electrons. The molecule has 0 aromatic carbocycles. The molecule has 1 saturated heterocycles. The van der Waals surface area contributed by atoms with Gasteiger partial charge in [0.15, 0.2) is 11.7 Å². The number of hydrogen-bond donors (Lipinski definition) is 1. The largest absolute Gasteiger partial charge is 0.459 e. The van der Waals surface area contributed by atoms with Gasteiger partial charge in [-0.3, -0.25) is 14.5 Å². The Morgan fingerprint density at radius 1 is 1.29 bits per heavy atom. The van der Waals surface area contributed by atoms with Gasteiger partial charge in [-0.05, 0) is 31.0 Å². The van der Waals surface area contributed by atoms with Crippen molar-refractivity contribution in [2.45, 2.75) is 20.4 Å². The number of amides is 1. The van der Waals surface area contributed by atoms with Gasteiger partial charge in [0, 0.05) is 58.2 Å². The van der Waals surface area contributed by atoms with Crippen molar-refractivity contribution in [1.29, 1.82) is 0 Å². The quantitative estimate of drug-likeness (QED) is 0.374. The summed E-state index contributed by atoms with van der Waals surface area (Å²) in [6.45, 7) is 9.47. The summed E-state index contributed by atoms with van der Waals surface area (Å²) in [7, 11) is 0. The molecule has 0 aliphatic carbocycles. The van der Waals surface area contributed by atoms with E-state index in [0.29, 0.717) is 24.8 Å². The van der Waals surface area contributed by atoms with Crippen LogP contribution in [0.3, 0.4) is 0 Å². The standard InChI is InChI=1S/C19H28N6O2.HI/c1-3-20-19(21-14-16(2)15-25-8-5-7-22-25)24-11-9-23(10-12-24)18(26)17-6-4-13-27-17;/h4-8,13,16H,3,9-12,14-15H2,1-2H3,(H,20,21);1H. The lowest BCUT2D eigenvalue weighted by Crippen LogP contribution is -2.53. The van der Waals surface area contributed by atoms with Crippen molar-refractivity contribution in [3.8, 4) is 0 Å². The molecule has 1 aliphatic rings. The Labute approximate surface area is 183 Å². The van der Waals surface area contributed by atoms with Crippen LogP contribution in [-0.4, -0.2) is 70.7 Å². The lowest BCUT2D eigenvalue weighted by Gasteiger charge is -2.36. The van der Waals surface area contributed by atoms with Gasteiger partial charge in [0.05, 0.1) is 6.26 Å². The summed E-state index contributed by atoms with van der Waals surface area (Å²) < 4.78 is 7.16. The van der Waals surface area contributed by atoms with Crippen LogP contribution in [-0.2, 0) is 6.54 Å². The summed E-state index contributed by atoms with van der Waals surface area (Å²) in [5.74, 6) is 1.65. The van der Waals surface area contributed by atoms with Gasteiger partial charge in [-0.2, -0.15) is 5.10 Å². The Morgan fingerprint density at radius 2 is 2.04 bits per heavy atom. The third-order valence-corrected chi connectivity index (χ3v) is 4.54. The van der Waals surface area contributed by atoms with Crippen molar-refractivity contribution in [3.63, 3.8) is 0 Å². The van der Waals surface area contributed by atoms with E-state index < -0.39 is 0 Å². The van der Waals surface area contributed by atoms with Crippen LogP contribution >= 0.6 is 24.0 Å². The van der Waals surface area contributed by atoms with E-state index in [0.717, 1.165) is 38.7 Å². The number of halogens is 1. The third kappa shape index (κ3) is 5.98. The van der Waals surface area contributed by atoms with Crippen LogP contribution in [0.1, 0.15) is 24.4 Å². The number of carbonyl (C=O) groups is 1. The number of aliphatic imine (C=N–C) groups is 1. The van der Waals surface area contributed by atoms with E-state index in [1.54, 1.807) is 18.3 Å². The number of aromatic nitrogens is 2. The van der Waals surface area contributed by atoms with Gasteiger partial charge in [0.1, 0.15) is 0 Å². The van der Waals surface area contributed by atoms with Crippen molar-refractivity contribution in [2.75, 3.05) is 39.3 Å². The highest BCUT2D eigenvalue weighted by Gasteiger charge is 2.25. The second-order valence-corrected chi connectivity index (χ2v) is 6.78. The molecule has 1 amide bonds. The molecule has 0 saturated carbocycles. The second kappa shape index (κ2) is 11.1. The van der Waals surface area contributed by atoms with E-state index in [9.17, 15) is 4.79 Å². The number of carbonyl (C=O) groups excluding carboxylic acids is 1. The Balaban J connectivity index is 0.00000280. The summed E-state index contributed by atoms with van der Waals surface area (Å²) in [5.41, 5.74) is 0. The fraction of sp³-hybridized carbons (Fsp3) is 0.526. The molecule has 1 unspecified atom stereocenters. The topological polar surface area (TPSA) is 78.9 Å². The SMILES string of the molecule is CCNC(=NCC(C)Cn1cccn1)N1CCN(C(=O)c2ccco2)CC1.I. The summed E-state index contributed by atoms with van der Waals surface area (Å²) in [6, 6.07) is 5.38. The predicted octanol–water partition coefficient (Wildman–Crippen LogP) is 2.15. The zero-order chi connectivity index (χ0) is 19.1. The van der Waals surface area contributed by atoms with Crippen LogP contribution in [0.15, 0.2) is 46.3 Å². The molecule has 2 aromatic heterocycles. The highest BCUT2D eigenvalue weighted by molar-refractivity contribution is 14.0. The summed E-state index contributed by atoms with van der Waals surface area (Å²) in [4.78, 5) is 21.2. The van der Waals surface area contributed by atoms with Gasteiger partial charge in [-0.15, -0.1) is 24.0 Å². The lowest BCUT2D eigenvalue weighted by molar-refractivity contribution is 0.0657. The van der Waals surface area contributed by atoms with Gasteiger partial charge >= 0.3 is 0 Å². The molecule has 154 valence electrons. The third-order valence-electron chi connectivity index (χ3n) is 4.54. The molecule has 3 heterocycles. The van der Waals surface area contributed by atoms with Crippen LogP contribution in [0, 0.1) is 5.92 Å². The number of nitrogens with zero attached hydrogens (tertiary/aromatic N) is 5. The zero-order valence-electron chi connectivity index (χ0n) is 16.5. The Kier molecular flexibility index (Phi) is 8.81. The summed E-state index contributed by atoms with van der Waals surface area (Å²) >= 11 is 0. The first-order valence-electron chi connectivity index (χ1n) is 9.51. The molecule has 1 atom stereocenters. The molecule has 8 nitrogen and oxygen atoms in total. The molecule has 2 aromatic rings. The van der Waals surface area contributed by atoms with Crippen LogP contribution < -0.4 is 5.32 Å². The first-order valence-corrected chi connectivity index (χ1v) is 9.51. The van der Waals surface area contributed by atoms with E-state index in [2.05, 4.69) is 29.2 Å². The summed E-state index contributed by atoms with van der Waals surface area (Å²) in [6.07, 6.45) is 5.30. The molecule has 1 fully saturated rings. The molecule has 1 aliphatic heterocycles. The van der Waals surface area contributed by atoms with Gasteiger partial charge in [0.25, 0.3) is 5.91 Å². The molecule has 0 spiro atoms. The lowest BCUT2D eigenvalue weighted by atomic mass is 10.2. The molecular formula is C19H29IN6O2. The van der Waals surface area contributed by atoms with Crippen LogP contribution in [0.4, 0.5) is 0 Å². The van der Waals surface area contributed by atoms with E-state index >= 15 is 0 Å². The van der Waals surface area contributed by atoms with Crippen molar-refractivity contribution in [2.24, 2.45) is 10.9 Å². The van der Waals surface area contributed by atoms with Gasteiger partial charge < -0.3 is 19.5 Å². The number of piperazine rings is 1. The fourth-order valence-electron chi connectivity index (χ4n) is 3.13. The number of rotatable bonds is 6. The minimum Gasteiger partial charge on any atom is -0.459 e. The molecular weight excluding hydrogens is 471 g/mol. The highest BCUT2D eigenvalue weighted by Crippen LogP contribution is 2.10. The van der Waals surface area contributed by atoms with Crippen molar-refractivity contribution >= 4 is 35.8 Å². The smallest absolute Gasteiger partial charge is 0.289 e. The zero-order valence-corrected chi connectivity index (χ0v) is 18.8. The number of guanidine groups is 1. The Hall–Kier alpha value is -2.04.